The fourth-order valence-electron chi connectivity index (χ4n) is 2.65. The summed E-state index contributed by atoms with van der Waals surface area (Å²) < 4.78 is 1.60. The predicted octanol–water partition coefficient (Wildman–Crippen LogP) is 0.812. The van der Waals surface area contributed by atoms with Crippen molar-refractivity contribution in [1.29, 1.82) is 0 Å². The molecule has 1 aliphatic heterocycles. The van der Waals surface area contributed by atoms with E-state index in [1.807, 2.05) is 4.90 Å². The first kappa shape index (κ1) is 12.8. The Morgan fingerprint density at radius 2 is 2.33 bits per heavy atom. The molecule has 0 aliphatic carbocycles. The molecule has 0 aromatic carbocycles. The summed E-state index contributed by atoms with van der Waals surface area (Å²) in [6.07, 6.45) is 2.11. The standard InChI is InChI=1S/C11H19N5O2/c1-8-10(16(17)18)11(14(2)13-8)15-5-3-4-9(6-12)7-15/h9H,3-7,12H2,1-2H3. The predicted molar refractivity (Wildman–Crippen MR) is 68.6 cm³/mol. The fraction of sp³-hybridized carbons (Fsp3) is 0.727. The Morgan fingerprint density at radius 3 is 2.94 bits per heavy atom. The van der Waals surface area contributed by atoms with Gasteiger partial charge < -0.3 is 10.6 Å². The number of piperidine rings is 1. The molecule has 7 heteroatoms. The maximum absolute atomic E-state index is 11.2. The van der Waals surface area contributed by atoms with Gasteiger partial charge in [0.1, 0.15) is 5.69 Å². The average Bonchev–Trinajstić information content (AvgIpc) is 2.64. The van der Waals surface area contributed by atoms with E-state index >= 15 is 0 Å². The van der Waals surface area contributed by atoms with Gasteiger partial charge in [-0.1, -0.05) is 0 Å². The molecule has 18 heavy (non-hydrogen) atoms. The molecule has 2 heterocycles. The van der Waals surface area contributed by atoms with E-state index in [1.165, 1.54) is 0 Å². The molecule has 1 aromatic rings. The van der Waals surface area contributed by atoms with Gasteiger partial charge in [0.25, 0.3) is 0 Å². The number of rotatable bonds is 3. The summed E-state index contributed by atoms with van der Waals surface area (Å²) in [4.78, 5) is 12.8. The Morgan fingerprint density at radius 1 is 1.61 bits per heavy atom. The maximum Gasteiger partial charge on any atom is 0.333 e. The van der Waals surface area contributed by atoms with Gasteiger partial charge in [-0.15, -0.1) is 0 Å². The zero-order chi connectivity index (χ0) is 13.3. The van der Waals surface area contributed by atoms with E-state index in [-0.39, 0.29) is 10.6 Å². The highest BCUT2D eigenvalue weighted by atomic mass is 16.6. The summed E-state index contributed by atoms with van der Waals surface area (Å²) in [5.41, 5.74) is 6.29. The summed E-state index contributed by atoms with van der Waals surface area (Å²) in [5, 5.41) is 15.3. The second-order valence-electron chi connectivity index (χ2n) is 4.83. The van der Waals surface area contributed by atoms with Gasteiger partial charge in [0.15, 0.2) is 0 Å². The van der Waals surface area contributed by atoms with Crippen LogP contribution < -0.4 is 10.6 Å². The second-order valence-corrected chi connectivity index (χ2v) is 4.83. The highest BCUT2D eigenvalue weighted by Crippen LogP contribution is 2.33. The molecule has 1 atom stereocenters. The van der Waals surface area contributed by atoms with Gasteiger partial charge in [0, 0.05) is 20.1 Å². The zero-order valence-electron chi connectivity index (χ0n) is 10.8. The lowest BCUT2D eigenvalue weighted by atomic mass is 9.98. The van der Waals surface area contributed by atoms with Crippen LogP contribution in [0.2, 0.25) is 0 Å². The van der Waals surface area contributed by atoms with Crippen molar-refractivity contribution < 1.29 is 4.92 Å². The van der Waals surface area contributed by atoms with Crippen LogP contribution in [0.1, 0.15) is 18.5 Å². The van der Waals surface area contributed by atoms with Crippen LogP contribution >= 0.6 is 0 Å². The van der Waals surface area contributed by atoms with Crippen molar-refractivity contribution in [3.8, 4) is 0 Å². The Kier molecular flexibility index (Phi) is 3.51. The van der Waals surface area contributed by atoms with Gasteiger partial charge in [-0.05, 0) is 32.2 Å². The fourth-order valence-corrected chi connectivity index (χ4v) is 2.65. The van der Waals surface area contributed by atoms with Crippen LogP contribution in [0.25, 0.3) is 0 Å². The molecule has 0 spiro atoms. The number of aromatic nitrogens is 2. The van der Waals surface area contributed by atoms with Gasteiger partial charge in [-0.3, -0.25) is 10.1 Å². The van der Waals surface area contributed by atoms with Crippen molar-refractivity contribution >= 4 is 11.5 Å². The second kappa shape index (κ2) is 4.93. The van der Waals surface area contributed by atoms with E-state index in [4.69, 9.17) is 5.73 Å². The minimum atomic E-state index is -0.344. The molecule has 2 rings (SSSR count). The third kappa shape index (κ3) is 2.17. The lowest BCUT2D eigenvalue weighted by Gasteiger charge is -2.32. The highest BCUT2D eigenvalue weighted by molar-refractivity contribution is 5.61. The lowest BCUT2D eigenvalue weighted by molar-refractivity contribution is -0.384. The summed E-state index contributed by atoms with van der Waals surface area (Å²) in [7, 11) is 1.75. The Bertz CT molecular complexity index is 457. The average molecular weight is 253 g/mol. The van der Waals surface area contributed by atoms with Crippen LogP contribution in [-0.4, -0.2) is 34.3 Å². The minimum absolute atomic E-state index is 0.121. The molecule has 0 amide bonds. The summed E-state index contributed by atoms with van der Waals surface area (Å²) in [6.45, 7) is 3.90. The molecule has 1 saturated heterocycles. The van der Waals surface area contributed by atoms with Gasteiger partial charge in [0.2, 0.25) is 5.82 Å². The molecule has 0 radical (unpaired) electrons. The van der Waals surface area contributed by atoms with Gasteiger partial charge in [-0.2, -0.15) is 5.10 Å². The van der Waals surface area contributed by atoms with Crippen molar-refractivity contribution in [3.05, 3.63) is 15.8 Å². The molecule has 0 saturated carbocycles. The molecule has 1 aromatic heterocycles. The molecular weight excluding hydrogens is 234 g/mol. The minimum Gasteiger partial charge on any atom is -0.351 e. The maximum atomic E-state index is 11.2. The van der Waals surface area contributed by atoms with Crippen molar-refractivity contribution in [1.82, 2.24) is 9.78 Å². The van der Waals surface area contributed by atoms with Gasteiger partial charge in [-0.25, -0.2) is 4.68 Å². The van der Waals surface area contributed by atoms with Crippen LogP contribution in [0.15, 0.2) is 0 Å². The Balaban J connectivity index is 2.35. The van der Waals surface area contributed by atoms with E-state index in [9.17, 15) is 10.1 Å². The summed E-state index contributed by atoms with van der Waals surface area (Å²) >= 11 is 0. The molecule has 100 valence electrons. The van der Waals surface area contributed by atoms with Gasteiger partial charge in [0.05, 0.1) is 4.92 Å². The van der Waals surface area contributed by atoms with Crippen LogP contribution in [0.5, 0.6) is 0 Å². The quantitative estimate of drug-likeness (QED) is 0.636. The van der Waals surface area contributed by atoms with Crippen LogP contribution in [0, 0.1) is 23.0 Å². The Labute approximate surface area is 106 Å². The molecule has 7 nitrogen and oxygen atoms in total. The largest absolute Gasteiger partial charge is 0.351 e. The first-order valence-corrected chi connectivity index (χ1v) is 6.17. The first-order chi connectivity index (χ1) is 8.54. The van der Waals surface area contributed by atoms with E-state index in [1.54, 1.807) is 18.7 Å². The summed E-state index contributed by atoms with van der Waals surface area (Å²) in [5.74, 6) is 1.02. The van der Waals surface area contributed by atoms with E-state index in [0.29, 0.717) is 24.0 Å². The molecule has 0 bridgehead atoms. The molecular formula is C11H19N5O2. The van der Waals surface area contributed by atoms with E-state index < -0.39 is 0 Å². The first-order valence-electron chi connectivity index (χ1n) is 6.17. The number of nitro groups is 1. The number of nitrogens with zero attached hydrogens (tertiary/aromatic N) is 4. The monoisotopic (exact) mass is 253 g/mol. The van der Waals surface area contributed by atoms with E-state index in [0.717, 1.165) is 25.9 Å². The molecule has 2 N–H and O–H groups in total. The molecule has 1 fully saturated rings. The van der Waals surface area contributed by atoms with Crippen molar-refractivity contribution in [3.63, 3.8) is 0 Å². The summed E-state index contributed by atoms with van der Waals surface area (Å²) in [6, 6.07) is 0. The van der Waals surface area contributed by atoms with Gasteiger partial charge >= 0.3 is 5.69 Å². The van der Waals surface area contributed by atoms with Crippen molar-refractivity contribution in [2.24, 2.45) is 18.7 Å². The van der Waals surface area contributed by atoms with Crippen LogP contribution in [0.4, 0.5) is 11.5 Å². The van der Waals surface area contributed by atoms with Crippen molar-refractivity contribution in [2.75, 3.05) is 24.5 Å². The number of anilines is 1. The molecule has 1 unspecified atom stereocenters. The molecule has 1 aliphatic rings. The topological polar surface area (TPSA) is 90.2 Å². The normalized spacial score (nSPS) is 20.2. The van der Waals surface area contributed by atoms with E-state index in [2.05, 4.69) is 5.10 Å². The zero-order valence-corrected chi connectivity index (χ0v) is 10.8. The van der Waals surface area contributed by atoms with Crippen molar-refractivity contribution in [2.45, 2.75) is 19.8 Å². The van der Waals surface area contributed by atoms with Crippen LogP contribution in [0.3, 0.4) is 0 Å². The number of nitrogens with two attached hydrogens (primary N) is 1. The number of hydrogen-bond donors (Lipinski definition) is 1. The lowest BCUT2D eigenvalue weighted by Crippen LogP contribution is -2.39. The highest BCUT2D eigenvalue weighted by Gasteiger charge is 2.31. The third-order valence-electron chi connectivity index (χ3n) is 3.50. The van der Waals surface area contributed by atoms with Crippen LogP contribution in [-0.2, 0) is 7.05 Å². The number of hydrogen-bond acceptors (Lipinski definition) is 5. The smallest absolute Gasteiger partial charge is 0.333 e. The third-order valence-corrected chi connectivity index (χ3v) is 3.50. The Hall–Kier alpha value is -1.63. The number of aryl methyl sites for hydroxylation is 2. The SMILES string of the molecule is Cc1nn(C)c(N2CCCC(CN)C2)c1[N+](=O)[O-].